The Morgan fingerprint density at radius 3 is 2.52 bits per heavy atom. The first kappa shape index (κ1) is 15.5. The summed E-state index contributed by atoms with van der Waals surface area (Å²) in [7, 11) is 1.44. The van der Waals surface area contributed by atoms with Crippen molar-refractivity contribution >= 4 is 0 Å². The molecule has 0 radical (unpaired) electrons. The molecule has 0 amide bonds. The van der Waals surface area contributed by atoms with Crippen LogP contribution in [0.3, 0.4) is 0 Å². The smallest absolute Gasteiger partial charge is 0.165 e. The largest absolute Gasteiger partial charge is 0.494 e. The van der Waals surface area contributed by atoms with Crippen LogP contribution in [0.15, 0.2) is 48.5 Å². The van der Waals surface area contributed by atoms with Crippen LogP contribution in [0.25, 0.3) is 0 Å². The van der Waals surface area contributed by atoms with Gasteiger partial charge >= 0.3 is 0 Å². The van der Waals surface area contributed by atoms with Crippen molar-refractivity contribution in [1.29, 1.82) is 0 Å². The standard InChI is InChI=1S/C18H21FO2/c1-21-18-11-10-15(13-17(18)19)12-16(20)9-5-8-14-6-3-2-4-7-14/h2-4,6-7,10-11,13,16,20H,5,8-9,12H2,1H3. The normalized spacial score (nSPS) is 12.1. The van der Waals surface area contributed by atoms with Crippen molar-refractivity contribution in [3.63, 3.8) is 0 Å². The highest BCUT2D eigenvalue weighted by Gasteiger charge is 2.09. The lowest BCUT2D eigenvalue weighted by molar-refractivity contribution is 0.162. The summed E-state index contributed by atoms with van der Waals surface area (Å²) in [5.74, 6) is -0.149. The first-order valence-corrected chi connectivity index (χ1v) is 7.23. The van der Waals surface area contributed by atoms with Crippen LogP contribution in [0.5, 0.6) is 5.75 Å². The average Bonchev–Trinajstić information content (AvgIpc) is 2.48. The van der Waals surface area contributed by atoms with Gasteiger partial charge in [-0.25, -0.2) is 4.39 Å². The summed E-state index contributed by atoms with van der Waals surface area (Å²) in [4.78, 5) is 0. The van der Waals surface area contributed by atoms with E-state index in [2.05, 4.69) is 12.1 Å². The second kappa shape index (κ2) is 7.79. The summed E-state index contributed by atoms with van der Waals surface area (Å²) in [5, 5.41) is 10.0. The Kier molecular flexibility index (Phi) is 5.76. The Hall–Kier alpha value is -1.87. The fourth-order valence-electron chi connectivity index (χ4n) is 2.40. The molecule has 0 fully saturated rings. The third-order valence-corrected chi connectivity index (χ3v) is 3.53. The van der Waals surface area contributed by atoms with Crippen LogP contribution in [-0.2, 0) is 12.8 Å². The highest BCUT2D eigenvalue weighted by molar-refractivity contribution is 5.29. The van der Waals surface area contributed by atoms with E-state index in [-0.39, 0.29) is 11.6 Å². The molecule has 0 aliphatic rings. The van der Waals surface area contributed by atoms with E-state index in [0.29, 0.717) is 12.8 Å². The topological polar surface area (TPSA) is 29.5 Å². The number of aliphatic hydroxyl groups excluding tert-OH is 1. The number of benzene rings is 2. The zero-order valence-corrected chi connectivity index (χ0v) is 12.3. The van der Waals surface area contributed by atoms with Crippen LogP contribution in [0.4, 0.5) is 4.39 Å². The third-order valence-electron chi connectivity index (χ3n) is 3.53. The van der Waals surface area contributed by atoms with Crippen molar-refractivity contribution in [2.75, 3.05) is 7.11 Å². The zero-order chi connectivity index (χ0) is 15.1. The molecule has 0 aliphatic heterocycles. The molecule has 0 bridgehead atoms. The fraction of sp³-hybridized carbons (Fsp3) is 0.333. The summed E-state index contributed by atoms with van der Waals surface area (Å²) in [5.41, 5.74) is 2.07. The molecule has 1 atom stereocenters. The van der Waals surface area contributed by atoms with Crippen molar-refractivity contribution < 1.29 is 14.2 Å². The highest BCUT2D eigenvalue weighted by atomic mass is 19.1. The summed E-state index contributed by atoms with van der Waals surface area (Å²) >= 11 is 0. The van der Waals surface area contributed by atoms with Crippen LogP contribution in [-0.4, -0.2) is 18.3 Å². The fourth-order valence-corrected chi connectivity index (χ4v) is 2.40. The number of aliphatic hydroxyl groups is 1. The SMILES string of the molecule is COc1ccc(CC(O)CCCc2ccccc2)cc1F. The minimum absolute atomic E-state index is 0.234. The molecule has 0 heterocycles. The predicted molar refractivity (Wildman–Crippen MR) is 82.0 cm³/mol. The molecular weight excluding hydrogens is 267 g/mol. The van der Waals surface area contributed by atoms with Crippen molar-refractivity contribution in [2.24, 2.45) is 0 Å². The number of hydrogen-bond acceptors (Lipinski definition) is 2. The highest BCUT2D eigenvalue weighted by Crippen LogP contribution is 2.19. The molecule has 2 aromatic rings. The molecule has 0 aliphatic carbocycles. The van der Waals surface area contributed by atoms with Crippen molar-refractivity contribution in [3.05, 3.63) is 65.5 Å². The van der Waals surface area contributed by atoms with E-state index in [0.717, 1.165) is 18.4 Å². The lowest BCUT2D eigenvalue weighted by Crippen LogP contribution is -2.11. The van der Waals surface area contributed by atoms with Gasteiger partial charge in [0.2, 0.25) is 0 Å². The van der Waals surface area contributed by atoms with Gasteiger partial charge in [0, 0.05) is 0 Å². The van der Waals surface area contributed by atoms with Crippen molar-refractivity contribution in [2.45, 2.75) is 31.8 Å². The average molecular weight is 288 g/mol. The van der Waals surface area contributed by atoms with Gasteiger partial charge < -0.3 is 9.84 Å². The van der Waals surface area contributed by atoms with Crippen LogP contribution in [0, 0.1) is 5.82 Å². The number of halogens is 1. The third kappa shape index (κ3) is 4.87. The Labute approximate surface area is 125 Å². The quantitative estimate of drug-likeness (QED) is 0.840. The molecule has 1 unspecified atom stereocenters. The molecule has 112 valence electrons. The number of methoxy groups -OCH3 is 1. The zero-order valence-electron chi connectivity index (χ0n) is 12.3. The van der Waals surface area contributed by atoms with Crippen LogP contribution in [0.1, 0.15) is 24.0 Å². The second-order valence-electron chi connectivity index (χ2n) is 5.20. The lowest BCUT2D eigenvalue weighted by atomic mass is 10.0. The molecule has 0 aromatic heterocycles. The van der Waals surface area contributed by atoms with E-state index in [1.54, 1.807) is 12.1 Å². The molecule has 0 spiro atoms. The van der Waals surface area contributed by atoms with E-state index in [4.69, 9.17) is 4.74 Å². The number of ether oxygens (including phenoxy) is 1. The van der Waals surface area contributed by atoms with Gasteiger partial charge in [-0.1, -0.05) is 36.4 Å². The summed E-state index contributed by atoms with van der Waals surface area (Å²) in [6, 6.07) is 15.0. The maximum absolute atomic E-state index is 13.6. The van der Waals surface area contributed by atoms with E-state index in [1.165, 1.54) is 18.7 Å². The molecule has 3 heteroatoms. The minimum Gasteiger partial charge on any atom is -0.494 e. The van der Waals surface area contributed by atoms with E-state index >= 15 is 0 Å². The van der Waals surface area contributed by atoms with Gasteiger partial charge in [0.1, 0.15) is 0 Å². The summed E-state index contributed by atoms with van der Waals surface area (Å²) < 4.78 is 18.4. The summed E-state index contributed by atoms with van der Waals surface area (Å²) in [6.07, 6.45) is 2.61. The van der Waals surface area contributed by atoms with Crippen LogP contribution < -0.4 is 4.74 Å². The van der Waals surface area contributed by atoms with Gasteiger partial charge in [-0.2, -0.15) is 0 Å². The van der Waals surface area contributed by atoms with Crippen molar-refractivity contribution in [1.82, 2.24) is 0 Å². The van der Waals surface area contributed by atoms with Crippen LogP contribution in [0.2, 0.25) is 0 Å². The molecule has 0 saturated heterocycles. The predicted octanol–water partition coefficient (Wildman–Crippen LogP) is 3.76. The first-order valence-electron chi connectivity index (χ1n) is 7.23. The molecule has 1 N–H and O–H groups in total. The maximum Gasteiger partial charge on any atom is 0.165 e. The van der Waals surface area contributed by atoms with Gasteiger partial charge in [-0.15, -0.1) is 0 Å². The molecule has 2 rings (SSSR count). The Bertz CT molecular complexity index is 554. The summed E-state index contributed by atoms with van der Waals surface area (Å²) in [6.45, 7) is 0. The van der Waals surface area contributed by atoms with E-state index in [9.17, 15) is 9.50 Å². The minimum atomic E-state index is -0.443. The second-order valence-corrected chi connectivity index (χ2v) is 5.20. The molecule has 2 nitrogen and oxygen atoms in total. The Balaban J connectivity index is 1.79. The van der Waals surface area contributed by atoms with Gasteiger partial charge in [-0.3, -0.25) is 0 Å². The molecule has 2 aromatic carbocycles. The number of rotatable bonds is 7. The molecule has 21 heavy (non-hydrogen) atoms. The van der Waals surface area contributed by atoms with E-state index < -0.39 is 6.10 Å². The number of aryl methyl sites for hydroxylation is 1. The Morgan fingerprint density at radius 1 is 1.10 bits per heavy atom. The van der Waals surface area contributed by atoms with Crippen LogP contribution >= 0.6 is 0 Å². The van der Waals surface area contributed by atoms with Gasteiger partial charge in [-0.05, 0) is 48.9 Å². The maximum atomic E-state index is 13.6. The van der Waals surface area contributed by atoms with Gasteiger partial charge in [0.25, 0.3) is 0 Å². The van der Waals surface area contributed by atoms with Gasteiger partial charge in [0.05, 0.1) is 13.2 Å². The van der Waals surface area contributed by atoms with E-state index in [1.807, 2.05) is 18.2 Å². The number of hydrogen-bond donors (Lipinski definition) is 1. The first-order chi connectivity index (χ1) is 10.2. The molecule has 0 saturated carbocycles. The Morgan fingerprint density at radius 2 is 1.86 bits per heavy atom. The monoisotopic (exact) mass is 288 g/mol. The van der Waals surface area contributed by atoms with Crippen molar-refractivity contribution in [3.8, 4) is 5.75 Å². The lowest BCUT2D eigenvalue weighted by Gasteiger charge is -2.11. The van der Waals surface area contributed by atoms with Gasteiger partial charge in [0.15, 0.2) is 11.6 Å². The molecular formula is C18H21FO2.